The molecule has 2 atom stereocenters. The minimum atomic E-state index is -0.343. The van der Waals surface area contributed by atoms with Gasteiger partial charge in [0, 0.05) is 0 Å². The number of allylic oxidation sites excluding steroid dienone is 5. The second kappa shape index (κ2) is 5.80. The van der Waals surface area contributed by atoms with E-state index in [1.54, 1.807) is 0 Å². The largest absolute Gasteiger partial charge is 0.388 e. The van der Waals surface area contributed by atoms with Crippen LogP contribution in [-0.4, -0.2) is 11.2 Å². The summed E-state index contributed by atoms with van der Waals surface area (Å²) < 4.78 is 0. The van der Waals surface area contributed by atoms with Crippen LogP contribution in [0.15, 0.2) is 54.1 Å². The van der Waals surface area contributed by atoms with Crippen molar-refractivity contribution in [1.82, 2.24) is 0 Å². The molecular formula is C19H22O. The quantitative estimate of drug-likeness (QED) is 0.843. The molecule has 0 fully saturated rings. The van der Waals surface area contributed by atoms with Crippen molar-refractivity contribution in [2.75, 3.05) is 0 Å². The van der Waals surface area contributed by atoms with E-state index in [-0.39, 0.29) is 6.10 Å². The maximum absolute atomic E-state index is 10.6. The van der Waals surface area contributed by atoms with Crippen molar-refractivity contribution in [1.29, 1.82) is 0 Å². The minimum absolute atomic E-state index is 0.343. The summed E-state index contributed by atoms with van der Waals surface area (Å²) in [6, 6.07) is 8.43. The summed E-state index contributed by atoms with van der Waals surface area (Å²) in [7, 11) is 0. The summed E-state index contributed by atoms with van der Waals surface area (Å²) in [5.41, 5.74) is 5.19. The van der Waals surface area contributed by atoms with E-state index in [1.165, 1.54) is 16.7 Å². The summed E-state index contributed by atoms with van der Waals surface area (Å²) in [6.45, 7) is 2.22. The van der Waals surface area contributed by atoms with Crippen molar-refractivity contribution < 1.29 is 5.11 Å². The fourth-order valence-corrected chi connectivity index (χ4v) is 3.37. The topological polar surface area (TPSA) is 20.2 Å². The molecule has 0 radical (unpaired) electrons. The second-order valence-corrected chi connectivity index (χ2v) is 5.75. The van der Waals surface area contributed by atoms with Crippen LogP contribution < -0.4 is 0 Å². The molecular weight excluding hydrogens is 244 g/mol. The van der Waals surface area contributed by atoms with E-state index in [9.17, 15) is 5.11 Å². The molecule has 2 unspecified atom stereocenters. The highest BCUT2D eigenvalue weighted by molar-refractivity contribution is 5.75. The number of benzene rings is 1. The van der Waals surface area contributed by atoms with E-state index in [0.717, 1.165) is 31.3 Å². The van der Waals surface area contributed by atoms with E-state index >= 15 is 0 Å². The Labute approximate surface area is 121 Å². The van der Waals surface area contributed by atoms with Crippen LogP contribution in [0.4, 0.5) is 0 Å². The third-order valence-corrected chi connectivity index (χ3v) is 4.55. The molecule has 0 saturated carbocycles. The molecule has 0 bridgehead atoms. The van der Waals surface area contributed by atoms with Crippen molar-refractivity contribution in [2.45, 2.75) is 38.7 Å². The molecule has 0 aliphatic heterocycles. The molecule has 20 heavy (non-hydrogen) atoms. The molecule has 0 aromatic heterocycles. The van der Waals surface area contributed by atoms with Crippen LogP contribution in [0.3, 0.4) is 0 Å². The Hall–Kier alpha value is -1.60. The molecule has 0 saturated heterocycles. The van der Waals surface area contributed by atoms with E-state index in [2.05, 4.69) is 55.5 Å². The molecule has 0 heterocycles. The van der Waals surface area contributed by atoms with Crippen LogP contribution in [0, 0.1) is 5.92 Å². The lowest BCUT2D eigenvalue weighted by Gasteiger charge is -2.22. The van der Waals surface area contributed by atoms with Crippen molar-refractivity contribution in [3.63, 3.8) is 0 Å². The molecule has 3 rings (SSSR count). The fraction of sp³-hybridized carbons (Fsp3) is 0.368. The summed E-state index contributed by atoms with van der Waals surface area (Å²) in [4.78, 5) is 0. The van der Waals surface area contributed by atoms with Crippen molar-refractivity contribution >= 4 is 5.57 Å². The maximum Gasteiger partial charge on any atom is 0.0798 e. The third kappa shape index (κ3) is 2.51. The van der Waals surface area contributed by atoms with Crippen LogP contribution in [0.25, 0.3) is 5.57 Å². The van der Waals surface area contributed by atoms with Crippen molar-refractivity contribution in [3.05, 3.63) is 65.3 Å². The van der Waals surface area contributed by atoms with Gasteiger partial charge >= 0.3 is 0 Å². The summed E-state index contributed by atoms with van der Waals surface area (Å²) in [5.74, 6) is 0.494. The average Bonchev–Trinajstić information content (AvgIpc) is 3.13. The van der Waals surface area contributed by atoms with Gasteiger partial charge in [-0.15, -0.1) is 0 Å². The highest BCUT2D eigenvalue weighted by Crippen LogP contribution is 2.35. The number of hydrogen-bond acceptors (Lipinski definition) is 1. The highest BCUT2D eigenvalue weighted by atomic mass is 16.3. The summed E-state index contributed by atoms with van der Waals surface area (Å²) >= 11 is 0. The SMILES string of the molecule is CCC(CC(O)C1=CCc2ccccc21)C1=CC=CC1. The number of hydrogen-bond donors (Lipinski definition) is 1. The predicted octanol–water partition coefficient (Wildman–Crippen LogP) is 4.29. The second-order valence-electron chi connectivity index (χ2n) is 5.75. The highest BCUT2D eigenvalue weighted by Gasteiger charge is 2.24. The van der Waals surface area contributed by atoms with Gasteiger partial charge in [0.05, 0.1) is 6.10 Å². The molecule has 104 valence electrons. The Morgan fingerprint density at radius 1 is 1.20 bits per heavy atom. The maximum atomic E-state index is 10.6. The standard InChI is InChI=1S/C19H22O/c1-2-14(15-7-3-4-8-15)13-19(20)18-12-11-16-9-5-6-10-17(16)18/h3-7,9-10,12,14,19-20H,2,8,11,13H2,1H3. The van der Waals surface area contributed by atoms with Gasteiger partial charge in [-0.1, -0.05) is 61.1 Å². The Kier molecular flexibility index (Phi) is 3.88. The third-order valence-electron chi connectivity index (χ3n) is 4.55. The Balaban J connectivity index is 1.72. The molecule has 1 nitrogen and oxygen atoms in total. The van der Waals surface area contributed by atoms with Gasteiger partial charge in [-0.25, -0.2) is 0 Å². The number of fused-ring (bicyclic) bond motifs is 1. The molecule has 2 aliphatic rings. The molecule has 1 N–H and O–H groups in total. The summed E-state index contributed by atoms with van der Waals surface area (Å²) in [5, 5.41) is 10.6. The van der Waals surface area contributed by atoms with Crippen LogP contribution >= 0.6 is 0 Å². The number of aliphatic hydroxyl groups is 1. The minimum Gasteiger partial charge on any atom is -0.388 e. The van der Waals surface area contributed by atoms with Gasteiger partial charge in [0.15, 0.2) is 0 Å². The zero-order chi connectivity index (χ0) is 13.9. The Morgan fingerprint density at radius 3 is 2.80 bits per heavy atom. The molecule has 1 aromatic carbocycles. The first kappa shape index (κ1) is 13.4. The molecule has 0 spiro atoms. The van der Waals surface area contributed by atoms with E-state index in [4.69, 9.17) is 0 Å². The number of rotatable bonds is 5. The van der Waals surface area contributed by atoms with E-state index in [0.29, 0.717) is 5.92 Å². The van der Waals surface area contributed by atoms with E-state index < -0.39 is 0 Å². The van der Waals surface area contributed by atoms with Crippen molar-refractivity contribution in [2.24, 2.45) is 5.92 Å². The lowest BCUT2D eigenvalue weighted by Crippen LogP contribution is -2.16. The fourth-order valence-electron chi connectivity index (χ4n) is 3.37. The molecule has 0 amide bonds. The van der Waals surface area contributed by atoms with Crippen LogP contribution in [0.1, 0.15) is 37.3 Å². The normalized spacial score (nSPS) is 19.5. The van der Waals surface area contributed by atoms with Gasteiger partial charge < -0.3 is 5.11 Å². The first-order valence-electron chi connectivity index (χ1n) is 7.61. The Bertz CT molecular complexity index is 577. The van der Waals surface area contributed by atoms with Crippen LogP contribution in [0.2, 0.25) is 0 Å². The first-order valence-corrected chi connectivity index (χ1v) is 7.61. The van der Waals surface area contributed by atoms with Gasteiger partial charge in [-0.3, -0.25) is 0 Å². The zero-order valence-electron chi connectivity index (χ0n) is 12.0. The summed E-state index contributed by atoms with van der Waals surface area (Å²) in [6.07, 6.45) is 12.4. The van der Waals surface area contributed by atoms with Gasteiger partial charge in [0.25, 0.3) is 0 Å². The van der Waals surface area contributed by atoms with Crippen molar-refractivity contribution in [3.8, 4) is 0 Å². The molecule has 1 aromatic rings. The zero-order valence-corrected chi connectivity index (χ0v) is 12.0. The van der Waals surface area contributed by atoms with Gasteiger partial charge in [0.2, 0.25) is 0 Å². The predicted molar refractivity (Wildman–Crippen MR) is 84.4 cm³/mol. The van der Waals surface area contributed by atoms with Gasteiger partial charge in [-0.2, -0.15) is 0 Å². The van der Waals surface area contributed by atoms with E-state index in [1.807, 2.05) is 0 Å². The van der Waals surface area contributed by atoms with Gasteiger partial charge in [-0.05, 0) is 48.3 Å². The Morgan fingerprint density at radius 2 is 2.05 bits per heavy atom. The molecule has 1 heteroatoms. The lowest BCUT2D eigenvalue weighted by atomic mass is 9.86. The van der Waals surface area contributed by atoms with Crippen LogP contribution in [-0.2, 0) is 6.42 Å². The molecule has 2 aliphatic carbocycles. The smallest absolute Gasteiger partial charge is 0.0798 e. The average molecular weight is 266 g/mol. The first-order chi connectivity index (χ1) is 9.79. The van der Waals surface area contributed by atoms with Crippen LogP contribution in [0.5, 0.6) is 0 Å². The lowest BCUT2D eigenvalue weighted by molar-refractivity contribution is 0.201. The number of aliphatic hydroxyl groups excluding tert-OH is 1. The monoisotopic (exact) mass is 266 g/mol. The van der Waals surface area contributed by atoms with Gasteiger partial charge in [0.1, 0.15) is 0 Å².